The normalized spacial score (nSPS) is 24.7. The fourth-order valence-corrected chi connectivity index (χ4v) is 3.01. The van der Waals surface area contributed by atoms with Gasteiger partial charge in [-0.1, -0.05) is 34.1 Å². The van der Waals surface area contributed by atoms with Crippen molar-refractivity contribution >= 4 is 11.8 Å². The maximum Gasteiger partial charge on any atom is 0.246 e. The third-order valence-corrected chi connectivity index (χ3v) is 4.98. The molecule has 2 amide bonds. The number of hydrogen-bond donors (Lipinski definition) is 1. The molecule has 1 aliphatic rings. The maximum atomic E-state index is 12.9. The Morgan fingerprint density at radius 1 is 1.24 bits per heavy atom. The van der Waals surface area contributed by atoms with Crippen LogP contribution < -0.4 is 5.32 Å². The fourth-order valence-electron chi connectivity index (χ4n) is 3.01. The summed E-state index contributed by atoms with van der Waals surface area (Å²) in [6.45, 7) is 10.3. The number of ether oxygens (including phenoxy) is 1. The Morgan fingerprint density at radius 3 is 2.24 bits per heavy atom. The Hall–Kier alpha value is -1.10. The topological polar surface area (TPSA) is 58.6 Å². The summed E-state index contributed by atoms with van der Waals surface area (Å²) in [5.41, 5.74) is -0.742. The summed E-state index contributed by atoms with van der Waals surface area (Å²) in [7, 11) is 1.63. The monoisotopic (exact) mass is 298 g/mol. The van der Waals surface area contributed by atoms with Gasteiger partial charge in [-0.2, -0.15) is 0 Å². The van der Waals surface area contributed by atoms with Crippen LogP contribution in [0.25, 0.3) is 0 Å². The Kier molecular flexibility index (Phi) is 6.20. The number of hydrogen-bond acceptors (Lipinski definition) is 3. The molecule has 5 heteroatoms. The van der Waals surface area contributed by atoms with Gasteiger partial charge in [-0.15, -0.1) is 0 Å². The van der Waals surface area contributed by atoms with Crippen LogP contribution in [0.5, 0.6) is 0 Å². The summed E-state index contributed by atoms with van der Waals surface area (Å²) < 4.78 is 5.32. The highest BCUT2D eigenvalue weighted by Gasteiger charge is 2.51. The van der Waals surface area contributed by atoms with E-state index in [-0.39, 0.29) is 23.8 Å². The fraction of sp³-hybridized carbons (Fsp3) is 0.875. The molecule has 0 aliphatic carbocycles. The summed E-state index contributed by atoms with van der Waals surface area (Å²) in [5.74, 6) is 0.130. The van der Waals surface area contributed by atoms with Gasteiger partial charge in [0.1, 0.15) is 11.6 Å². The van der Waals surface area contributed by atoms with Gasteiger partial charge in [0.2, 0.25) is 11.8 Å². The lowest BCUT2D eigenvalue weighted by atomic mass is 9.83. The molecule has 21 heavy (non-hydrogen) atoms. The van der Waals surface area contributed by atoms with E-state index < -0.39 is 11.6 Å². The summed E-state index contributed by atoms with van der Waals surface area (Å²) in [6.07, 6.45) is 2.00. The van der Waals surface area contributed by atoms with Gasteiger partial charge in [0.15, 0.2) is 0 Å². The SMILES string of the molecule is CCC(C)C1NC(=O)C(CC)(CC)N(CC(C)OC)C1=O. The zero-order valence-corrected chi connectivity index (χ0v) is 14.2. The van der Waals surface area contributed by atoms with Gasteiger partial charge in [-0.3, -0.25) is 9.59 Å². The van der Waals surface area contributed by atoms with Crippen molar-refractivity contribution in [1.82, 2.24) is 10.2 Å². The minimum atomic E-state index is -0.742. The van der Waals surface area contributed by atoms with E-state index in [4.69, 9.17) is 4.74 Å². The van der Waals surface area contributed by atoms with Gasteiger partial charge in [0.25, 0.3) is 0 Å². The molecule has 1 aliphatic heterocycles. The third kappa shape index (κ3) is 3.23. The quantitative estimate of drug-likeness (QED) is 0.781. The van der Waals surface area contributed by atoms with Crippen molar-refractivity contribution in [2.45, 2.75) is 71.6 Å². The molecule has 0 saturated carbocycles. The van der Waals surface area contributed by atoms with Crippen molar-refractivity contribution in [2.75, 3.05) is 13.7 Å². The van der Waals surface area contributed by atoms with Crippen molar-refractivity contribution in [3.63, 3.8) is 0 Å². The van der Waals surface area contributed by atoms with E-state index in [1.54, 1.807) is 12.0 Å². The van der Waals surface area contributed by atoms with Crippen LogP contribution in [0.1, 0.15) is 53.9 Å². The third-order valence-electron chi connectivity index (χ3n) is 4.98. The number of amides is 2. The Bertz CT molecular complexity index is 380. The second-order valence-electron chi connectivity index (χ2n) is 6.07. The van der Waals surface area contributed by atoms with Gasteiger partial charge < -0.3 is 15.0 Å². The highest BCUT2D eigenvalue weighted by molar-refractivity contribution is 6.00. The second-order valence-corrected chi connectivity index (χ2v) is 6.07. The molecular weight excluding hydrogens is 268 g/mol. The van der Waals surface area contributed by atoms with Crippen LogP contribution >= 0.6 is 0 Å². The van der Waals surface area contributed by atoms with Crippen LogP contribution in [0.15, 0.2) is 0 Å². The molecule has 1 fully saturated rings. The highest BCUT2D eigenvalue weighted by atomic mass is 16.5. The summed E-state index contributed by atoms with van der Waals surface area (Å²) >= 11 is 0. The number of rotatable bonds is 7. The van der Waals surface area contributed by atoms with Gasteiger partial charge in [-0.25, -0.2) is 0 Å². The lowest BCUT2D eigenvalue weighted by Crippen LogP contribution is -2.72. The van der Waals surface area contributed by atoms with Crippen LogP contribution in [0.2, 0.25) is 0 Å². The zero-order valence-electron chi connectivity index (χ0n) is 14.2. The molecular formula is C16H30N2O3. The van der Waals surface area contributed by atoms with Gasteiger partial charge >= 0.3 is 0 Å². The number of carbonyl (C=O) groups is 2. The molecule has 122 valence electrons. The molecule has 1 saturated heterocycles. The lowest BCUT2D eigenvalue weighted by Gasteiger charge is -2.49. The van der Waals surface area contributed by atoms with E-state index in [0.717, 1.165) is 6.42 Å². The molecule has 0 aromatic heterocycles. The minimum absolute atomic E-state index is 0.0246. The van der Waals surface area contributed by atoms with Crippen molar-refractivity contribution < 1.29 is 14.3 Å². The summed E-state index contributed by atoms with van der Waals surface area (Å²) in [6, 6.07) is -0.419. The first kappa shape index (κ1) is 18.0. The molecule has 3 atom stereocenters. The Morgan fingerprint density at radius 2 is 1.81 bits per heavy atom. The molecule has 0 bridgehead atoms. The molecule has 5 nitrogen and oxygen atoms in total. The second kappa shape index (κ2) is 7.25. The predicted octanol–water partition coefficient (Wildman–Crippen LogP) is 1.95. The zero-order chi connectivity index (χ0) is 16.2. The van der Waals surface area contributed by atoms with E-state index in [2.05, 4.69) is 5.32 Å². The summed E-state index contributed by atoms with van der Waals surface area (Å²) in [5, 5.41) is 2.96. The molecule has 0 radical (unpaired) electrons. The first-order chi connectivity index (χ1) is 9.87. The van der Waals surface area contributed by atoms with Crippen LogP contribution in [-0.4, -0.2) is 48.1 Å². The van der Waals surface area contributed by atoms with Gasteiger partial charge in [-0.05, 0) is 25.7 Å². The highest BCUT2D eigenvalue weighted by Crippen LogP contribution is 2.31. The molecule has 1 heterocycles. The number of nitrogens with zero attached hydrogens (tertiary/aromatic N) is 1. The first-order valence-electron chi connectivity index (χ1n) is 8.03. The van der Waals surface area contributed by atoms with E-state index >= 15 is 0 Å². The number of methoxy groups -OCH3 is 1. The number of nitrogens with one attached hydrogen (secondary N) is 1. The standard InChI is InChI=1S/C16H30N2O3/c1-7-11(4)13-14(19)18(10-12(5)21-6)16(8-2,9-3)15(20)17-13/h11-13H,7-10H2,1-6H3,(H,17,20). The van der Waals surface area contributed by atoms with Crippen LogP contribution in [0.4, 0.5) is 0 Å². The van der Waals surface area contributed by atoms with Crippen LogP contribution in [-0.2, 0) is 14.3 Å². The molecule has 0 aromatic rings. The Labute approximate surface area is 128 Å². The molecule has 1 rings (SSSR count). The molecule has 3 unspecified atom stereocenters. The smallest absolute Gasteiger partial charge is 0.246 e. The van der Waals surface area contributed by atoms with Gasteiger partial charge in [0, 0.05) is 13.7 Å². The molecule has 0 aromatic carbocycles. The van der Waals surface area contributed by atoms with E-state index in [9.17, 15) is 9.59 Å². The van der Waals surface area contributed by atoms with Crippen molar-refractivity contribution in [3.8, 4) is 0 Å². The number of carbonyl (C=O) groups excluding carboxylic acids is 2. The lowest BCUT2D eigenvalue weighted by molar-refractivity contribution is -0.162. The van der Waals surface area contributed by atoms with Crippen molar-refractivity contribution in [1.29, 1.82) is 0 Å². The maximum absolute atomic E-state index is 12.9. The summed E-state index contributed by atoms with van der Waals surface area (Å²) in [4.78, 5) is 27.4. The van der Waals surface area contributed by atoms with Crippen LogP contribution in [0, 0.1) is 5.92 Å². The average molecular weight is 298 g/mol. The number of piperazine rings is 1. The van der Waals surface area contributed by atoms with Crippen molar-refractivity contribution in [3.05, 3.63) is 0 Å². The minimum Gasteiger partial charge on any atom is -0.380 e. The largest absolute Gasteiger partial charge is 0.380 e. The van der Waals surface area contributed by atoms with Crippen molar-refractivity contribution in [2.24, 2.45) is 5.92 Å². The van der Waals surface area contributed by atoms with E-state index in [1.807, 2.05) is 34.6 Å². The first-order valence-corrected chi connectivity index (χ1v) is 8.03. The van der Waals surface area contributed by atoms with E-state index in [0.29, 0.717) is 19.4 Å². The van der Waals surface area contributed by atoms with Crippen LogP contribution in [0.3, 0.4) is 0 Å². The molecule has 0 spiro atoms. The Balaban J connectivity index is 3.17. The average Bonchev–Trinajstić information content (AvgIpc) is 2.50. The van der Waals surface area contributed by atoms with E-state index in [1.165, 1.54) is 0 Å². The van der Waals surface area contributed by atoms with Gasteiger partial charge in [0.05, 0.1) is 6.10 Å². The molecule has 1 N–H and O–H groups in total. The predicted molar refractivity (Wildman–Crippen MR) is 82.9 cm³/mol.